The van der Waals surface area contributed by atoms with Gasteiger partial charge in [0.2, 0.25) is 5.88 Å². The molecule has 0 bridgehead atoms. The summed E-state index contributed by atoms with van der Waals surface area (Å²) in [5.41, 5.74) is 7.18. The summed E-state index contributed by atoms with van der Waals surface area (Å²) in [5, 5.41) is 18.1. The highest BCUT2D eigenvalue weighted by molar-refractivity contribution is 6.62. The number of piperidine rings is 1. The van der Waals surface area contributed by atoms with Gasteiger partial charge in [-0.2, -0.15) is 0 Å². The van der Waals surface area contributed by atoms with Gasteiger partial charge in [-0.3, -0.25) is 9.78 Å². The first kappa shape index (κ1) is 25.2. The zero-order valence-electron chi connectivity index (χ0n) is 22.4. The van der Waals surface area contributed by atoms with E-state index in [4.69, 9.17) is 9.17 Å². The molecule has 9 heteroatoms. The second-order valence-corrected chi connectivity index (χ2v) is 10.4. The Bertz CT molecular complexity index is 1640. The summed E-state index contributed by atoms with van der Waals surface area (Å²) in [4.78, 5) is 20.4. The minimum atomic E-state index is -1.08. The van der Waals surface area contributed by atoms with Gasteiger partial charge >= 0.3 is 7.12 Å². The number of hydrogen-bond donors (Lipinski definition) is 2. The van der Waals surface area contributed by atoms with Crippen molar-refractivity contribution in [3.8, 4) is 11.3 Å². The summed E-state index contributed by atoms with van der Waals surface area (Å²) in [7, 11) is -1.08. The lowest BCUT2D eigenvalue weighted by atomic mass is 9.75. The highest BCUT2D eigenvalue weighted by Gasteiger charge is 2.26. The van der Waals surface area contributed by atoms with E-state index < -0.39 is 7.12 Å². The van der Waals surface area contributed by atoms with Crippen molar-refractivity contribution in [1.29, 1.82) is 0 Å². The third kappa shape index (κ3) is 4.67. The van der Waals surface area contributed by atoms with Crippen molar-refractivity contribution in [3.05, 3.63) is 81.1 Å². The fraction of sp³-hybridized carbons (Fsp3) is 0.300. The van der Waals surface area contributed by atoms with E-state index in [-0.39, 0.29) is 11.5 Å². The van der Waals surface area contributed by atoms with Crippen molar-refractivity contribution in [3.63, 3.8) is 0 Å². The molecule has 2 aromatic heterocycles. The predicted octanol–water partition coefficient (Wildman–Crippen LogP) is 4.69. The number of nitrogens with zero attached hydrogens (tertiary/aromatic N) is 3. The minimum Gasteiger partial charge on any atom is -0.440 e. The van der Waals surface area contributed by atoms with Crippen LogP contribution in [0.5, 0.6) is 0 Å². The van der Waals surface area contributed by atoms with Crippen LogP contribution in [0.3, 0.4) is 0 Å². The van der Waals surface area contributed by atoms with Gasteiger partial charge in [-0.1, -0.05) is 18.2 Å². The number of rotatable bonds is 5. The summed E-state index contributed by atoms with van der Waals surface area (Å²) in [6, 6.07) is 13.4. The fourth-order valence-corrected chi connectivity index (χ4v) is 5.60. The largest absolute Gasteiger partial charge is 0.583 e. The van der Waals surface area contributed by atoms with Crippen molar-refractivity contribution in [2.75, 3.05) is 23.3 Å². The van der Waals surface area contributed by atoms with Gasteiger partial charge in [-0.05, 0) is 75.4 Å². The summed E-state index contributed by atoms with van der Waals surface area (Å²) in [6.45, 7) is 7.75. The van der Waals surface area contributed by atoms with Crippen molar-refractivity contribution in [2.45, 2.75) is 46.1 Å². The third-order valence-electron chi connectivity index (χ3n) is 7.64. The monoisotopic (exact) mass is 522 g/mol. The molecule has 2 aliphatic heterocycles. The SMILES string of the molecule is Cc1cc([C@H](C)Nc2cccnc2-c2ccc3c(c2)C=NOB3O)c2oc(N3CCCCC3)c(C)c(=O)c2c1. The lowest BCUT2D eigenvalue weighted by Crippen LogP contribution is -2.37. The van der Waals surface area contributed by atoms with Crippen LogP contribution < -0.4 is 21.1 Å². The van der Waals surface area contributed by atoms with Gasteiger partial charge in [0.15, 0.2) is 5.43 Å². The number of aryl methyl sites for hydroxylation is 1. The zero-order valence-corrected chi connectivity index (χ0v) is 22.4. The van der Waals surface area contributed by atoms with Gasteiger partial charge in [0.05, 0.1) is 34.6 Å². The maximum atomic E-state index is 13.5. The van der Waals surface area contributed by atoms with Gasteiger partial charge in [0, 0.05) is 35.9 Å². The molecule has 4 aromatic rings. The molecular weight excluding hydrogens is 491 g/mol. The van der Waals surface area contributed by atoms with Crippen molar-refractivity contribution in [2.24, 2.45) is 5.16 Å². The molecular formula is C30H31BN4O4. The Labute approximate surface area is 227 Å². The Morgan fingerprint density at radius 1 is 1.10 bits per heavy atom. The number of hydrogen-bond acceptors (Lipinski definition) is 8. The lowest BCUT2D eigenvalue weighted by molar-refractivity contribution is 0.286. The van der Waals surface area contributed by atoms with E-state index in [2.05, 4.69) is 33.3 Å². The molecule has 6 rings (SSSR count). The van der Waals surface area contributed by atoms with Crippen LogP contribution in [0, 0.1) is 13.8 Å². The average Bonchev–Trinajstić information content (AvgIpc) is 2.95. The molecule has 198 valence electrons. The standard InChI is InChI=1S/C30H31BN4O4/c1-18-14-23(29-24(15-18)28(36)19(2)30(38-29)35-12-5-4-6-13-35)20(3)34-26-8-7-11-32-27(26)21-9-10-25-22(16-21)17-33-39-31(25)37/h7-11,14-17,20,34,37H,4-6,12-13H2,1-3H3/t20-/m0/s1. The number of oxime groups is 1. The van der Waals surface area contributed by atoms with Crippen LogP contribution >= 0.6 is 0 Å². The smallest absolute Gasteiger partial charge is 0.440 e. The van der Waals surface area contributed by atoms with Gasteiger partial charge in [0.1, 0.15) is 5.58 Å². The Balaban J connectivity index is 1.40. The Kier molecular flexibility index (Phi) is 6.60. The number of benzene rings is 2. The quantitative estimate of drug-likeness (QED) is 0.367. The van der Waals surface area contributed by atoms with E-state index in [0.29, 0.717) is 27.9 Å². The minimum absolute atomic E-state index is 0.0259. The average molecular weight is 522 g/mol. The van der Waals surface area contributed by atoms with E-state index in [9.17, 15) is 9.82 Å². The molecule has 0 amide bonds. The lowest BCUT2D eigenvalue weighted by Gasteiger charge is -2.29. The maximum absolute atomic E-state index is 13.5. The van der Waals surface area contributed by atoms with E-state index in [1.54, 1.807) is 12.4 Å². The van der Waals surface area contributed by atoms with Crippen LogP contribution in [0.1, 0.15) is 54.5 Å². The van der Waals surface area contributed by atoms with E-state index in [0.717, 1.165) is 59.6 Å². The molecule has 39 heavy (non-hydrogen) atoms. The second-order valence-electron chi connectivity index (χ2n) is 10.4. The normalized spacial score (nSPS) is 15.7. The Morgan fingerprint density at radius 2 is 1.92 bits per heavy atom. The number of aromatic nitrogens is 1. The molecule has 8 nitrogen and oxygen atoms in total. The molecule has 2 aromatic carbocycles. The van der Waals surface area contributed by atoms with Crippen LogP contribution in [-0.2, 0) is 4.76 Å². The van der Waals surface area contributed by atoms with Crippen LogP contribution in [-0.4, -0.2) is 36.4 Å². The molecule has 2 N–H and O–H groups in total. The molecule has 2 aliphatic rings. The molecule has 1 saturated heterocycles. The highest BCUT2D eigenvalue weighted by atomic mass is 16.6. The summed E-state index contributed by atoms with van der Waals surface area (Å²) < 4.78 is 11.5. The zero-order chi connectivity index (χ0) is 27.1. The number of pyridine rings is 1. The first-order chi connectivity index (χ1) is 18.9. The van der Waals surface area contributed by atoms with Crippen LogP contribution in [0.15, 0.2) is 63.0 Å². The van der Waals surface area contributed by atoms with Gasteiger partial charge in [0.25, 0.3) is 0 Å². The highest BCUT2D eigenvalue weighted by Crippen LogP contribution is 2.34. The van der Waals surface area contributed by atoms with Crippen molar-refractivity contribution < 1.29 is 14.2 Å². The summed E-state index contributed by atoms with van der Waals surface area (Å²) in [6.07, 6.45) is 6.75. The Hall–Kier alpha value is -4.11. The van der Waals surface area contributed by atoms with Gasteiger partial charge < -0.3 is 24.4 Å². The summed E-state index contributed by atoms with van der Waals surface area (Å²) in [5.74, 6) is 0.688. The first-order valence-electron chi connectivity index (χ1n) is 13.5. The molecule has 0 unspecified atom stereocenters. The maximum Gasteiger partial charge on any atom is 0.583 e. The molecule has 0 saturated carbocycles. The number of anilines is 2. The topological polar surface area (TPSA) is 100 Å². The molecule has 4 heterocycles. The van der Waals surface area contributed by atoms with E-state index in [1.807, 2.05) is 50.2 Å². The Morgan fingerprint density at radius 3 is 2.74 bits per heavy atom. The van der Waals surface area contributed by atoms with E-state index >= 15 is 0 Å². The third-order valence-corrected chi connectivity index (χ3v) is 7.64. The first-order valence-corrected chi connectivity index (χ1v) is 13.5. The molecule has 0 radical (unpaired) electrons. The van der Waals surface area contributed by atoms with Gasteiger partial charge in [-0.25, -0.2) is 0 Å². The van der Waals surface area contributed by atoms with Crippen molar-refractivity contribution in [1.82, 2.24) is 4.98 Å². The van der Waals surface area contributed by atoms with Crippen LogP contribution in [0.4, 0.5) is 11.6 Å². The molecule has 0 aliphatic carbocycles. The van der Waals surface area contributed by atoms with E-state index in [1.165, 1.54) is 6.42 Å². The molecule has 0 spiro atoms. The molecule has 1 atom stereocenters. The summed E-state index contributed by atoms with van der Waals surface area (Å²) >= 11 is 0. The fourth-order valence-electron chi connectivity index (χ4n) is 5.60. The second kappa shape index (κ2) is 10.2. The van der Waals surface area contributed by atoms with Crippen molar-refractivity contribution >= 4 is 41.3 Å². The predicted molar refractivity (Wildman–Crippen MR) is 156 cm³/mol. The van der Waals surface area contributed by atoms with Crippen LogP contribution in [0.25, 0.3) is 22.2 Å². The van der Waals surface area contributed by atoms with Gasteiger partial charge in [-0.15, -0.1) is 5.16 Å². The molecule has 1 fully saturated rings. The number of fused-ring (bicyclic) bond motifs is 2. The van der Waals surface area contributed by atoms with Crippen LogP contribution in [0.2, 0.25) is 0 Å². The number of nitrogens with one attached hydrogen (secondary N) is 1.